The van der Waals surface area contributed by atoms with Crippen LogP contribution < -0.4 is 24.4 Å². The lowest BCUT2D eigenvalue weighted by molar-refractivity contribution is 0.405. The van der Waals surface area contributed by atoms with Gasteiger partial charge in [0.25, 0.3) is 10.0 Å². The van der Waals surface area contributed by atoms with E-state index in [1.54, 1.807) is 44.6 Å². The predicted octanol–water partition coefficient (Wildman–Crippen LogP) is 5.18. The molecule has 0 amide bonds. The Morgan fingerprint density at radius 1 is 1.03 bits per heavy atom. The molecule has 0 unspecified atom stereocenters. The van der Waals surface area contributed by atoms with Gasteiger partial charge in [-0.15, -0.1) is 0 Å². The molecule has 10 heteroatoms. The zero-order valence-corrected chi connectivity index (χ0v) is 21.2. The lowest BCUT2D eigenvalue weighted by Gasteiger charge is -2.36. The molecular formula is C25H26FN3O4S2. The van der Waals surface area contributed by atoms with Crippen LogP contribution in [0.3, 0.4) is 0 Å². The van der Waals surface area contributed by atoms with Crippen molar-refractivity contribution in [2.75, 3.05) is 29.2 Å². The number of anilines is 3. The molecule has 3 aromatic carbocycles. The minimum atomic E-state index is -3.84. The molecule has 0 fully saturated rings. The molecule has 35 heavy (non-hydrogen) atoms. The van der Waals surface area contributed by atoms with E-state index in [2.05, 4.69) is 10.6 Å². The summed E-state index contributed by atoms with van der Waals surface area (Å²) in [5.41, 5.74) is 2.44. The Labute approximate surface area is 209 Å². The van der Waals surface area contributed by atoms with Crippen molar-refractivity contribution in [3.8, 4) is 11.5 Å². The number of aryl methyl sites for hydroxylation is 1. The molecule has 0 radical (unpaired) electrons. The molecule has 2 N–H and O–H groups in total. The minimum absolute atomic E-state index is 0.139. The summed E-state index contributed by atoms with van der Waals surface area (Å²) < 4.78 is 52.7. The molecule has 7 nitrogen and oxygen atoms in total. The van der Waals surface area contributed by atoms with Gasteiger partial charge in [-0.2, -0.15) is 0 Å². The van der Waals surface area contributed by atoms with Crippen LogP contribution in [-0.2, 0) is 16.4 Å². The van der Waals surface area contributed by atoms with E-state index in [0.29, 0.717) is 52.1 Å². The van der Waals surface area contributed by atoms with Gasteiger partial charge in [-0.05, 0) is 92.1 Å². The van der Waals surface area contributed by atoms with Gasteiger partial charge in [0.05, 0.1) is 30.5 Å². The smallest absolute Gasteiger partial charge is 0.264 e. The van der Waals surface area contributed by atoms with E-state index >= 15 is 0 Å². The molecule has 0 spiro atoms. The van der Waals surface area contributed by atoms with E-state index in [-0.39, 0.29) is 16.8 Å². The highest BCUT2D eigenvalue weighted by Crippen LogP contribution is 2.36. The maximum Gasteiger partial charge on any atom is 0.264 e. The first-order chi connectivity index (χ1) is 16.7. The number of sulfonamides is 1. The molecule has 0 saturated heterocycles. The highest BCUT2D eigenvalue weighted by molar-refractivity contribution is 7.92. The van der Waals surface area contributed by atoms with E-state index in [4.69, 9.17) is 21.7 Å². The third-order valence-corrected chi connectivity index (χ3v) is 7.98. The Morgan fingerprint density at radius 3 is 2.46 bits per heavy atom. The Hall–Kier alpha value is -3.37. The average Bonchev–Trinajstić information content (AvgIpc) is 2.84. The number of ether oxygens (including phenoxy) is 2. The first kappa shape index (κ1) is 24.7. The second kappa shape index (κ2) is 10.1. The van der Waals surface area contributed by atoms with E-state index in [1.807, 2.05) is 6.92 Å². The van der Waals surface area contributed by atoms with Crippen molar-refractivity contribution in [2.45, 2.75) is 30.7 Å². The molecular weight excluding hydrogens is 489 g/mol. The molecule has 0 saturated carbocycles. The molecule has 4 rings (SSSR count). The minimum Gasteiger partial charge on any atom is -0.497 e. The predicted molar refractivity (Wildman–Crippen MR) is 140 cm³/mol. The third-order valence-electron chi connectivity index (χ3n) is 5.83. The topological polar surface area (TPSA) is 79.9 Å². The van der Waals surface area contributed by atoms with Crippen LogP contribution >= 0.6 is 12.2 Å². The first-order valence-electron chi connectivity index (χ1n) is 11.0. The van der Waals surface area contributed by atoms with Gasteiger partial charge in [-0.25, -0.2) is 12.8 Å². The Morgan fingerprint density at radius 2 is 1.77 bits per heavy atom. The van der Waals surface area contributed by atoms with Gasteiger partial charge in [0.2, 0.25) is 0 Å². The van der Waals surface area contributed by atoms with Crippen molar-refractivity contribution < 1.29 is 22.3 Å². The van der Waals surface area contributed by atoms with Crippen LogP contribution in [0.25, 0.3) is 0 Å². The maximum atomic E-state index is 13.7. The monoisotopic (exact) mass is 515 g/mol. The summed E-state index contributed by atoms with van der Waals surface area (Å²) in [4.78, 5) is 0.139. The number of methoxy groups -OCH3 is 2. The second-order valence-corrected chi connectivity index (χ2v) is 10.4. The van der Waals surface area contributed by atoms with Crippen LogP contribution in [0.5, 0.6) is 11.5 Å². The Kier molecular flexibility index (Phi) is 7.13. The zero-order valence-electron chi connectivity index (χ0n) is 19.5. The Bertz CT molecular complexity index is 1350. The summed E-state index contributed by atoms with van der Waals surface area (Å²) in [6, 6.07) is 15.6. The van der Waals surface area contributed by atoms with Crippen molar-refractivity contribution >= 4 is 44.4 Å². The molecule has 1 aliphatic rings. The van der Waals surface area contributed by atoms with Crippen molar-refractivity contribution in [3.63, 3.8) is 0 Å². The molecule has 0 aliphatic carbocycles. The molecule has 1 aliphatic heterocycles. The summed E-state index contributed by atoms with van der Waals surface area (Å²) in [5, 5.41) is 6.40. The lowest BCUT2D eigenvalue weighted by Crippen LogP contribution is -2.42. The van der Waals surface area contributed by atoms with Gasteiger partial charge >= 0.3 is 0 Å². The summed E-state index contributed by atoms with van der Waals surface area (Å²) in [6.45, 7) is 1.86. The number of nitrogens with one attached hydrogen (secondary N) is 2. The van der Waals surface area contributed by atoms with Gasteiger partial charge in [-0.1, -0.05) is 0 Å². The molecule has 1 heterocycles. The number of benzene rings is 3. The Balaban J connectivity index is 1.52. The van der Waals surface area contributed by atoms with Crippen LogP contribution in [0.4, 0.5) is 21.5 Å². The fourth-order valence-corrected chi connectivity index (χ4v) is 6.03. The van der Waals surface area contributed by atoms with Gasteiger partial charge in [0, 0.05) is 17.8 Å². The van der Waals surface area contributed by atoms with Crippen LogP contribution in [0, 0.1) is 5.82 Å². The van der Waals surface area contributed by atoms with Crippen LogP contribution in [0.1, 0.15) is 18.9 Å². The molecule has 3 aromatic rings. The summed E-state index contributed by atoms with van der Waals surface area (Å²) >= 11 is 5.41. The normalized spacial score (nSPS) is 15.2. The first-order valence-corrected chi connectivity index (χ1v) is 12.8. The number of nitrogens with zero attached hydrogens (tertiary/aromatic N) is 1. The fraction of sp³-hybridized carbons (Fsp3) is 0.240. The largest absolute Gasteiger partial charge is 0.497 e. The average molecular weight is 516 g/mol. The van der Waals surface area contributed by atoms with Crippen molar-refractivity contribution in [1.82, 2.24) is 0 Å². The number of halogens is 1. The number of fused-ring (bicyclic) bond motifs is 1. The van der Waals surface area contributed by atoms with Gasteiger partial charge in [0.1, 0.15) is 17.3 Å². The summed E-state index contributed by atoms with van der Waals surface area (Å²) in [5.74, 6) is 0.858. The fourth-order valence-electron chi connectivity index (χ4n) is 4.07. The molecule has 0 bridgehead atoms. The number of thiocarbonyl (C=S) groups is 1. The number of rotatable bonds is 6. The van der Waals surface area contributed by atoms with Crippen molar-refractivity contribution in [3.05, 3.63) is 72.0 Å². The highest BCUT2D eigenvalue weighted by Gasteiger charge is 2.34. The number of hydrogen-bond donors (Lipinski definition) is 2. The maximum absolute atomic E-state index is 13.7. The number of hydrogen-bond acceptors (Lipinski definition) is 5. The zero-order chi connectivity index (χ0) is 25.2. The quantitative estimate of drug-likeness (QED) is 0.438. The van der Waals surface area contributed by atoms with Crippen LogP contribution in [0.15, 0.2) is 65.6 Å². The highest BCUT2D eigenvalue weighted by atomic mass is 32.2. The van der Waals surface area contributed by atoms with E-state index in [1.165, 1.54) is 34.6 Å². The van der Waals surface area contributed by atoms with Crippen molar-refractivity contribution in [2.24, 2.45) is 0 Å². The molecule has 1 atom stereocenters. The second-order valence-electron chi connectivity index (χ2n) is 8.13. The molecule has 184 valence electrons. The standard InChI is InChI=1S/C25H26FN3O4S2/c1-16-4-5-17-14-18(26)6-12-23(17)29(16)35(30,31)21-10-7-19(8-11-21)27-25(34)28-22-15-20(32-2)9-13-24(22)33-3/h6-16H,4-5H2,1-3H3,(H2,27,28,34)/t16-/m1/s1. The lowest BCUT2D eigenvalue weighted by atomic mass is 9.99. The molecule has 0 aromatic heterocycles. The van der Waals surface area contributed by atoms with Gasteiger partial charge in [-0.3, -0.25) is 4.31 Å². The van der Waals surface area contributed by atoms with Crippen LogP contribution in [-0.4, -0.2) is 33.8 Å². The SMILES string of the molecule is COc1ccc(OC)c(NC(=S)Nc2ccc(S(=O)(=O)N3c4ccc(F)cc4CC[C@H]3C)cc2)c1. The van der Waals surface area contributed by atoms with E-state index in [9.17, 15) is 12.8 Å². The van der Waals surface area contributed by atoms with Crippen LogP contribution in [0.2, 0.25) is 0 Å². The summed E-state index contributed by atoms with van der Waals surface area (Å²) in [6.07, 6.45) is 1.24. The van der Waals surface area contributed by atoms with Crippen molar-refractivity contribution in [1.29, 1.82) is 0 Å². The van der Waals surface area contributed by atoms with E-state index < -0.39 is 10.0 Å². The van der Waals surface area contributed by atoms with Gasteiger partial charge in [0.15, 0.2) is 5.11 Å². The third kappa shape index (κ3) is 5.18. The summed E-state index contributed by atoms with van der Waals surface area (Å²) in [7, 11) is -0.719. The van der Waals surface area contributed by atoms with Gasteiger partial charge < -0.3 is 20.1 Å². The van der Waals surface area contributed by atoms with E-state index in [0.717, 1.165) is 0 Å².